The molecule has 2 aromatic carbocycles. The zero-order chi connectivity index (χ0) is 22.1. The molecule has 2 heterocycles. The van der Waals surface area contributed by atoms with Gasteiger partial charge in [0.1, 0.15) is 17.2 Å². The van der Waals surface area contributed by atoms with E-state index in [9.17, 15) is 18.4 Å². The molecule has 0 radical (unpaired) electrons. The summed E-state index contributed by atoms with van der Waals surface area (Å²) in [6.07, 6.45) is 3.24. The van der Waals surface area contributed by atoms with E-state index in [2.05, 4.69) is 16.5 Å². The zero-order valence-corrected chi connectivity index (χ0v) is 17.0. The molecule has 8 heteroatoms. The molecule has 0 bridgehead atoms. The van der Waals surface area contributed by atoms with E-state index in [0.29, 0.717) is 11.2 Å². The van der Waals surface area contributed by atoms with Gasteiger partial charge in [0.25, 0.3) is 11.5 Å². The van der Waals surface area contributed by atoms with Gasteiger partial charge in [-0.1, -0.05) is 23.8 Å². The number of carbonyl (C=O) groups excluding carboxylic acids is 1. The third kappa shape index (κ3) is 4.09. The summed E-state index contributed by atoms with van der Waals surface area (Å²) in [4.78, 5) is 24.9. The lowest BCUT2D eigenvalue weighted by atomic mass is 10.0. The van der Waals surface area contributed by atoms with E-state index in [1.807, 2.05) is 26.0 Å². The van der Waals surface area contributed by atoms with Crippen LogP contribution in [0.4, 0.5) is 8.78 Å². The summed E-state index contributed by atoms with van der Waals surface area (Å²) in [7, 11) is 0. The Morgan fingerprint density at radius 1 is 1.06 bits per heavy atom. The van der Waals surface area contributed by atoms with Crippen molar-refractivity contribution in [1.82, 2.24) is 19.5 Å². The maximum atomic E-state index is 13.7. The van der Waals surface area contributed by atoms with Gasteiger partial charge in [0.2, 0.25) is 0 Å². The summed E-state index contributed by atoms with van der Waals surface area (Å²) in [6.45, 7) is 4.25. The van der Waals surface area contributed by atoms with Gasteiger partial charge in [0, 0.05) is 31.0 Å². The molecule has 2 aromatic heterocycles. The molecule has 0 saturated carbocycles. The van der Waals surface area contributed by atoms with Crippen molar-refractivity contribution >= 4 is 11.4 Å². The lowest BCUT2D eigenvalue weighted by Crippen LogP contribution is -2.31. The molecule has 0 unspecified atom stereocenters. The average Bonchev–Trinajstić information content (AvgIpc) is 3.16. The van der Waals surface area contributed by atoms with Crippen molar-refractivity contribution in [3.8, 4) is 11.3 Å². The lowest BCUT2D eigenvalue weighted by molar-refractivity contribution is 0.0947. The highest BCUT2D eigenvalue weighted by molar-refractivity contribution is 5.94. The molecule has 0 aliphatic heterocycles. The summed E-state index contributed by atoms with van der Waals surface area (Å²) in [6, 6.07) is 10.4. The van der Waals surface area contributed by atoms with Crippen LogP contribution in [0.5, 0.6) is 0 Å². The number of fused-ring (bicyclic) bond motifs is 1. The highest BCUT2D eigenvalue weighted by Crippen LogP contribution is 2.23. The van der Waals surface area contributed by atoms with Gasteiger partial charge < -0.3 is 9.88 Å². The second-order valence-corrected chi connectivity index (χ2v) is 7.35. The van der Waals surface area contributed by atoms with E-state index in [0.717, 1.165) is 34.9 Å². The zero-order valence-electron chi connectivity index (χ0n) is 17.0. The molecule has 0 fully saturated rings. The molecule has 4 rings (SSSR count). The van der Waals surface area contributed by atoms with Gasteiger partial charge in [0.05, 0.1) is 11.3 Å². The van der Waals surface area contributed by atoms with Crippen LogP contribution >= 0.6 is 0 Å². The van der Waals surface area contributed by atoms with Crippen molar-refractivity contribution < 1.29 is 13.6 Å². The number of aromatic nitrogens is 3. The topological polar surface area (TPSA) is 68.4 Å². The van der Waals surface area contributed by atoms with E-state index in [1.165, 1.54) is 9.08 Å². The first-order valence-corrected chi connectivity index (χ1v) is 9.73. The molecule has 0 atom stereocenters. The maximum Gasteiger partial charge on any atom is 0.276 e. The smallest absolute Gasteiger partial charge is 0.276 e. The Labute approximate surface area is 176 Å². The number of amides is 1. The van der Waals surface area contributed by atoms with Crippen LogP contribution in [0.25, 0.3) is 16.8 Å². The number of aryl methyl sites for hydroxylation is 2. The molecular formula is C23H20F2N4O2. The number of hydrogen-bond acceptors (Lipinski definition) is 3. The van der Waals surface area contributed by atoms with Crippen molar-refractivity contribution in [2.75, 3.05) is 6.54 Å². The number of hydrogen-bond donors (Lipinski definition) is 1. The second kappa shape index (κ2) is 8.14. The molecule has 4 aromatic rings. The van der Waals surface area contributed by atoms with Crippen LogP contribution in [0.15, 0.2) is 59.7 Å². The molecule has 0 aliphatic rings. The maximum absolute atomic E-state index is 13.7. The number of carbonyl (C=O) groups is 1. The Hall–Kier alpha value is -3.81. The average molecular weight is 422 g/mol. The van der Waals surface area contributed by atoms with Crippen molar-refractivity contribution in [1.29, 1.82) is 0 Å². The Morgan fingerprint density at radius 3 is 2.65 bits per heavy atom. The van der Waals surface area contributed by atoms with Crippen LogP contribution in [-0.2, 0) is 6.54 Å². The van der Waals surface area contributed by atoms with Crippen molar-refractivity contribution in [3.63, 3.8) is 0 Å². The fourth-order valence-electron chi connectivity index (χ4n) is 3.49. The number of benzene rings is 2. The molecule has 0 spiro atoms. The minimum Gasteiger partial charge on any atom is -0.350 e. The van der Waals surface area contributed by atoms with Gasteiger partial charge in [-0.05, 0) is 43.7 Å². The van der Waals surface area contributed by atoms with Crippen LogP contribution in [0.3, 0.4) is 0 Å². The first-order chi connectivity index (χ1) is 14.8. The Morgan fingerprint density at radius 2 is 1.87 bits per heavy atom. The molecule has 0 saturated heterocycles. The second-order valence-electron chi connectivity index (χ2n) is 7.35. The van der Waals surface area contributed by atoms with Gasteiger partial charge >= 0.3 is 0 Å². The third-order valence-corrected chi connectivity index (χ3v) is 5.07. The first kappa shape index (κ1) is 20.5. The quantitative estimate of drug-likeness (QED) is 0.535. The van der Waals surface area contributed by atoms with Crippen molar-refractivity contribution in [2.45, 2.75) is 20.4 Å². The normalized spacial score (nSPS) is 11.1. The van der Waals surface area contributed by atoms with Crippen molar-refractivity contribution in [3.05, 3.63) is 93.5 Å². The summed E-state index contributed by atoms with van der Waals surface area (Å²) in [5, 5.41) is 7.00. The molecule has 1 amide bonds. The van der Waals surface area contributed by atoms with Crippen LogP contribution in [0.2, 0.25) is 0 Å². The van der Waals surface area contributed by atoms with Crippen LogP contribution in [0.1, 0.15) is 21.5 Å². The fourth-order valence-corrected chi connectivity index (χ4v) is 3.49. The van der Waals surface area contributed by atoms with E-state index in [1.54, 1.807) is 18.5 Å². The number of nitrogens with one attached hydrogen (secondary N) is 1. The standard InChI is InChI=1S/C23H20F2N4O2/c1-14-3-5-17(15(2)11-14)20-13-21-23(31)28(9-10-29(21)27-20)8-7-26-22(30)18-12-16(24)4-6-19(18)25/h3-6,9-13H,7-8H2,1-2H3,(H,26,30). The molecule has 158 valence electrons. The Balaban J connectivity index is 1.52. The Kier molecular flexibility index (Phi) is 5.37. The molecule has 0 aliphatic carbocycles. The summed E-state index contributed by atoms with van der Waals surface area (Å²) < 4.78 is 29.9. The number of halogens is 2. The molecule has 1 N–H and O–H groups in total. The van der Waals surface area contributed by atoms with E-state index in [-0.39, 0.29) is 24.2 Å². The van der Waals surface area contributed by atoms with Crippen molar-refractivity contribution in [2.24, 2.45) is 0 Å². The third-order valence-electron chi connectivity index (χ3n) is 5.07. The van der Waals surface area contributed by atoms with E-state index in [4.69, 9.17) is 0 Å². The predicted molar refractivity (Wildman–Crippen MR) is 113 cm³/mol. The van der Waals surface area contributed by atoms with Crippen LogP contribution < -0.4 is 10.9 Å². The summed E-state index contributed by atoms with van der Waals surface area (Å²) in [5.74, 6) is -2.25. The van der Waals surface area contributed by atoms with Crippen LogP contribution in [0, 0.1) is 25.5 Å². The SMILES string of the molecule is Cc1ccc(-c2cc3c(=O)n(CCNC(=O)c4cc(F)ccc4F)ccn3n2)c(C)c1. The van der Waals surface area contributed by atoms with Gasteiger partial charge in [-0.2, -0.15) is 5.10 Å². The molecule has 31 heavy (non-hydrogen) atoms. The molecular weight excluding hydrogens is 402 g/mol. The largest absolute Gasteiger partial charge is 0.350 e. The summed E-state index contributed by atoms with van der Waals surface area (Å²) >= 11 is 0. The molecule has 6 nitrogen and oxygen atoms in total. The van der Waals surface area contributed by atoms with E-state index >= 15 is 0 Å². The first-order valence-electron chi connectivity index (χ1n) is 9.73. The highest BCUT2D eigenvalue weighted by atomic mass is 19.1. The van der Waals surface area contributed by atoms with Gasteiger partial charge in [-0.3, -0.25) is 9.59 Å². The number of nitrogens with zero attached hydrogens (tertiary/aromatic N) is 3. The lowest BCUT2D eigenvalue weighted by Gasteiger charge is -2.08. The fraction of sp³-hybridized carbons (Fsp3) is 0.174. The predicted octanol–water partition coefficient (Wildman–Crippen LogP) is 3.49. The van der Waals surface area contributed by atoms with Gasteiger partial charge in [-0.15, -0.1) is 0 Å². The highest BCUT2D eigenvalue weighted by Gasteiger charge is 2.14. The van der Waals surface area contributed by atoms with E-state index < -0.39 is 17.5 Å². The summed E-state index contributed by atoms with van der Waals surface area (Å²) in [5.41, 5.74) is 3.62. The Bertz CT molecular complexity index is 1360. The number of rotatable bonds is 5. The minimum absolute atomic E-state index is 0.0724. The minimum atomic E-state index is -0.810. The monoisotopic (exact) mass is 422 g/mol. The van der Waals surface area contributed by atoms with Crippen LogP contribution in [-0.4, -0.2) is 26.6 Å². The van der Waals surface area contributed by atoms with Gasteiger partial charge in [-0.25, -0.2) is 13.3 Å². The van der Waals surface area contributed by atoms with Gasteiger partial charge in [0.15, 0.2) is 0 Å².